The van der Waals surface area contributed by atoms with E-state index in [-0.39, 0.29) is 0 Å². The SMILES string of the molecule is Cc1cc(NCCC2=CCNCC2)n2ncnc2n1. The number of nitrogens with one attached hydrogen (secondary N) is 2. The van der Waals surface area contributed by atoms with Crippen molar-refractivity contribution in [2.24, 2.45) is 0 Å². The van der Waals surface area contributed by atoms with Crippen LogP contribution in [0.25, 0.3) is 5.78 Å². The zero-order valence-corrected chi connectivity index (χ0v) is 11.1. The predicted octanol–water partition coefficient (Wildman–Crippen LogP) is 1.15. The highest BCUT2D eigenvalue weighted by Crippen LogP contribution is 2.12. The number of rotatable bonds is 4. The Hall–Kier alpha value is -1.95. The number of nitrogens with zero attached hydrogens (tertiary/aromatic N) is 4. The van der Waals surface area contributed by atoms with Crippen LogP contribution in [-0.4, -0.2) is 39.2 Å². The summed E-state index contributed by atoms with van der Waals surface area (Å²) in [7, 11) is 0. The van der Waals surface area contributed by atoms with Crippen molar-refractivity contribution in [1.82, 2.24) is 24.9 Å². The lowest BCUT2D eigenvalue weighted by atomic mass is 10.1. The minimum atomic E-state index is 0.642. The molecule has 0 unspecified atom stereocenters. The number of aromatic nitrogens is 4. The standard InChI is InChI=1S/C13H18N6/c1-10-8-12(19-13(18-10)16-9-17-19)15-7-4-11-2-5-14-6-3-11/h2,8-9,14-15H,3-7H2,1H3. The molecule has 1 aliphatic heterocycles. The van der Waals surface area contributed by atoms with Crippen LogP contribution in [0.2, 0.25) is 0 Å². The average Bonchev–Trinajstić information content (AvgIpc) is 2.88. The quantitative estimate of drug-likeness (QED) is 0.805. The maximum Gasteiger partial charge on any atom is 0.254 e. The highest BCUT2D eigenvalue weighted by molar-refractivity contribution is 5.44. The maximum atomic E-state index is 4.32. The molecule has 0 amide bonds. The van der Waals surface area contributed by atoms with Crippen molar-refractivity contribution in [3.63, 3.8) is 0 Å². The first-order chi connectivity index (χ1) is 9.33. The van der Waals surface area contributed by atoms with Crippen molar-refractivity contribution in [2.45, 2.75) is 19.8 Å². The Morgan fingerprint density at radius 2 is 2.42 bits per heavy atom. The van der Waals surface area contributed by atoms with E-state index in [1.807, 2.05) is 13.0 Å². The van der Waals surface area contributed by atoms with Crippen LogP contribution in [0.5, 0.6) is 0 Å². The fraction of sp³-hybridized carbons (Fsp3) is 0.462. The van der Waals surface area contributed by atoms with E-state index >= 15 is 0 Å². The Bertz CT molecular complexity index is 600. The van der Waals surface area contributed by atoms with Crippen LogP contribution in [-0.2, 0) is 0 Å². The minimum Gasteiger partial charge on any atom is -0.370 e. The van der Waals surface area contributed by atoms with Gasteiger partial charge in [-0.2, -0.15) is 14.6 Å². The van der Waals surface area contributed by atoms with Gasteiger partial charge in [0.2, 0.25) is 0 Å². The Kier molecular flexibility index (Phi) is 3.41. The van der Waals surface area contributed by atoms with E-state index in [9.17, 15) is 0 Å². The highest BCUT2D eigenvalue weighted by Gasteiger charge is 2.06. The van der Waals surface area contributed by atoms with E-state index in [0.717, 1.165) is 44.0 Å². The van der Waals surface area contributed by atoms with Gasteiger partial charge in [-0.15, -0.1) is 0 Å². The van der Waals surface area contributed by atoms with Gasteiger partial charge in [-0.05, 0) is 26.3 Å². The molecule has 2 aromatic rings. The molecule has 2 aromatic heterocycles. The molecule has 0 fully saturated rings. The molecular weight excluding hydrogens is 240 g/mol. The monoisotopic (exact) mass is 258 g/mol. The van der Waals surface area contributed by atoms with E-state index in [0.29, 0.717) is 5.78 Å². The molecule has 0 aromatic carbocycles. The van der Waals surface area contributed by atoms with E-state index in [2.05, 4.69) is 31.8 Å². The fourth-order valence-corrected chi connectivity index (χ4v) is 2.30. The zero-order valence-electron chi connectivity index (χ0n) is 11.1. The summed E-state index contributed by atoms with van der Waals surface area (Å²) in [6.07, 6.45) is 6.03. The second-order valence-electron chi connectivity index (χ2n) is 4.75. The fourth-order valence-electron chi connectivity index (χ4n) is 2.30. The summed E-state index contributed by atoms with van der Waals surface area (Å²) in [6, 6.07) is 2.00. The topological polar surface area (TPSA) is 67.1 Å². The third-order valence-electron chi connectivity index (χ3n) is 3.29. The molecule has 0 saturated carbocycles. The summed E-state index contributed by atoms with van der Waals surface area (Å²) in [5.74, 6) is 1.60. The van der Waals surface area contributed by atoms with Gasteiger partial charge in [-0.25, -0.2) is 4.98 Å². The number of fused-ring (bicyclic) bond motifs is 1. The lowest BCUT2D eigenvalue weighted by Gasteiger charge is -2.14. The van der Waals surface area contributed by atoms with Crippen LogP contribution in [0.3, 0.4) is 0 Å². The molecule has 0 aliphatic carbocycles. The van der Waals surface area contributed by atoms with Gasteiger partial charge in [0.25, 0.3) is 5.78 Å². The Labute approximate surface area is 112 Å². The average molecular weight is 258 g/mol. The first kappa shape index (κ1) is 12.1. The van der Waals surface area contributed by atoms with Crippen LogP contribution in [0, 0.1) is 6.92 Å². The van der Waals surface area contributed by atoms with Crippen LogP contribution in [0.15, 0.2) is 24.0 Å². The zero-order chi connectivity index (χ0) is 13.1. The third-order valence-corrected chi connectivity index (χ3v) is 3.29. The van der Waals surface area contributed by atoms with Gasteiger partial charge in [-0.1, -0.05) is 11.6 Å². The Balaban J connectivity index is 1.68. The summed E-state index contributed by atoms with van der Waals surface area (Å²) < 4.78 is 1.74. The van der Waals surface area contributed by atoms with Gasteiger partial charge in [0.05, 0.1) is 0 Å². The van der Waals surface area contributed by atoms with E-state index in [1.54, 1.807) is 4.52 Å². The summed E-state index contributed by atoms with van der Waals surface area (Å²) >= 11 is 0. The summed E-state index contributed by atoms with van der Waals surface area (Å²) in [6.45, 7) is 4.96. The smallest absolute Gasteiger partial charge is 0.254 e. The molecule has 6 heteroatoms. The molecule has 0 spiro atoms. The van der Waals surface area contributed by atoms with Crippen molar-refractivity contribution in [1.29, 1.82) is 0 Å². The van der Waals surface area contributed by atoms with Gasteiger partial charge in [0.1, 0.15) is 12.1 Å². The molecule has 0 radical (unpaired) electrons. The van der Waals surface area contributed by atoms with Gasteiger partial charge in [0.15, 0.2) is 0 Å². The van der Waals surface area contributed by atoms with Crippen molar-refractivity contribution in [3.05, 3.63) is 29.7 Å². The lowest BCUT2D eigenvalue weighted by molar-refractivity contribution is 0.683. The molecule has 2 N–H and O–H groups in total. The molecular formula is C13H18N6. The van der Waals surface area contributed by atoms with Gasteiger partial charge >= 0.3 is 0 Å². The second kappa shape index (κ2) is 5.36. The van der Waals surface area contributed by atoms with Gasteiger partial charge in [0, 0.05) is 24.8 Å². The molecule has 3 heterocycles. The van der Waals surface area contributed by atoms with Crippen molar-refractivity contribution in [2.75, 3.05) is 25.0 Å². The van der Waals surface area contributed by atoms with Gasteiger partial charge < -0.3 is 10.6 Å². The summed E-state index contributed by atoms with van der Waals surface area (Å²) in [5, 5.41) is 10.9. The molecule has 6 nitrogen and oxygen atoms in total. The normalized spacial score (nSPS) is 15.5. The van der Waals surface area contributed by atoms with Crippen molar-refractivity contribution in [3.8, 4) is 0 Å². The lowest BCUT2D eigenvalue weighted by Crippen LogP contribution is -2.21. The first-order valence-electron chi connectivity index (χ1n) is 6.63. The highest BCUT2D eigenvalue weighted by atomic mass is 15.3. The summed E-state index contributed by atoms with van der Waals surface area (Å²) in [4.78, 5) is 8.44. The van der Waals surface area contributed by atoms with E-state index < -0.39 is 0 Å². The van der Waals surface area contributed by atoms with Crippen molar-refractivity contribution < 1.29 is 0 Å². The predicted molar refractivity (Wildman–Crippen MR) is 74.2 cm³/mol. The number of anilines is 1. The number of aryl methyl sites for hydroxylation is 1. The molecule has 19 heavy (non-hydrogen) atoms. The third kappa shape index (κ3) is 2.73. The molecule has 3 rings (SSSR count). The second-order valence-corrected chi connectivity index (χ2v) is 4.75. The molecule has 0 saturated heterocycles. The van der Waals surface area contributed by atoms with Crippen LogP contribution < -0.4 is 10.6 Å². The largest absolute Gasteiger partial charge is 0.370 e. The Morgan fingerprint density at radius 3 is 3.26 bits per heavy atom. The maximum absolute atomic E-state index is 4.32. The molecule has 0 bridgehead atoms. The van der Waals surface area contributed by atoms with Crippen molar-refractivity contribution >= 4 is 11.6 Å². The minimum absolute atomic E-state index is 0.642. The van der Waals surface area contributed by atoms with E-state index in [1.165, 1.54) is 11.9 Å². The Morgan fingerprint density at radius 1 is 1.47 bits per heavy atom. The molecule has 0 atom stereocenters. The number of hydrogen-bond donors (Lipinski definition) is 2. The van der Waals surface area contributed by atoms with Crippen LogP contribution in [0.4, 0.5) is 5.82 Å². The number of hydrogen-bond acceptors (Lipinski definition) is 5. The van der Waals surface area contributed by atoms with E-state index in [4.69, 9.17) is 0 Å². The van der Waals surface area contributed by atoms with Crippen LogP contribution in [0.1, 0.15) is 18.5 Å². The summed E-state index contributed by atoms with van der Waals surface area (Å²) in [5.41, 5.74) is 2.47. The first-order valence-corrected chi connectivity index (χ1v) is 6.63. The van der Waals surface area contributed by atoms with Crippen LogP contribution >= 0.6 is 0 Å². The van der Waals surface area contributed by atoms with Gasteiger partial charge in [-0.3, -0.25) is 0 Å². The molecule has 1 aliphatic rings. The molecule has 100 valence electrons.